The molecule has 0 aliphatic carbocycles. The molecule has 18 heavy (non-hydrogen) atoms. The molecule has 0 bridgehead atoms. The second-order valence-corrected chi connectivity index (χ2v) is 6.05. The van der Waals surface area contributed by atoms with E-state index < -0.39 is 33.7 Å². The van der Waals surface area contributed by atoms with Crippen LogP contribution in [-0.4, -0.2) is 41.9 Å². The van der Waals surface area contributed by atoms with Gasteiger partial charge in [-0.15, -0.1) is 0 Å². The normalized spacial score (nSPS) is 15.2. The van der Waals surface area contributed by atoms with Crippen molar-refractivity contribution in [1.29, 1.82) is 0 Å². The van der Waals surface area contributed by atoms with Gasteiger partial charge in [-0.05, 0) is 11.8 Å². The molecule has 0 saturated heterocycles. The van der Waals surface area contributed by atoms with Crippen LogP contribution in [0.4, 0.5) is 0 Å². The molecule has 0 rings (SSSR count). The number of aliphatic carboxylic acids is 1. The molecular formula is C10H18O7S. The molecule has 0 saturated carbocycles. The van der Waals surface area contributed by atoms with Gasteiger partial charge in [0, 0.05) is 0 Å². The average molecular weight is 282 g/mol. The van der Waals surface area contributed by atoms with E-state index in [4.69, 9.17) is 14.4 Å². The molecule has 0 spiro atoms. The molecule has 0 amide bonds. The maximum atomic E-state index is 11.4. The third-order valence-corrected chi connectivity index (χ3v) is 3.69. The van der Waals surface area contributed by atoms with Crippen LogP contribution < -0.4 is 0 Å². The number of carbonyl (C=O) groups excluding carboxylic acids is 1. The molecule has 2 unspecified atom stereocenters. The van der Waals surface area contributed by atoms with E-state index in [-0.39, 0.29) is 18.4 Å². The van der Waals surface area contributed by atoms with Crippen molar-refractivity contribution in [1.82, 2.24) is 0 Å². The van der Waals surface area contributed by atoms with Crippen LogP contribution in [0, 0.1) is 11.8 Å². The summed E-state index contributed by atoms with van der Waals surface area (Å²) in [6.45, 7) is 5.58. The molecule has 7 nitrogen and oxygen atoms in total. The first kappa shape index (κ1) is 16.9. The molecule has 0 radical (unpaired) electrons. The molecule has 2 atom stereocenters. The molecule has 0 aromatic rings. The Morgan fingerprint density at radius 3 is 2.06 bits per heavy atom. The fourth-order valence-corrected chi connectivity index (χ4v) is 1.63. The lowest BCUT2D eigenvalue weighted by molar-refractivity contribution is -0.148. The molecule has 0 heterocycles. The molecule has 0 fully saturated rings. The molecular weight excluding hydrogens is 264 g/mol. The number of esters is 1. The molecule has 8 heteroatoms. The van der Waals surface area contributed by atoms with Gasteiger partial charge in [-0.3, -0.25) is 14.1 Å². The third-order valence-electron chi connectivity index (χ3n) is 2.61. The van der Waals surface area contributed by atoms with Crippen LogP contribution in [0.25, 0.3) is 0 Å². The predicted octanol–water partition coefficient (Wildman–Crippen LogP) is 0.553. The van der Waals surface area contributed by atoms with Crippen molar-refractivity contribution in [2.75, 3.05) is 6.61 Å². The second kappa shape index (κ2) is 6.69. The van der Waals surface area contributed by atoms with Crippen molar-refractivity contribution in [3.63, 3.8) is 0 Å². The number of carboxylic acids is 1. The first-order valence-corrected chi connectivity index (χ1v) is 6.90. The van der Waals surface area contributed by atoms with Crippen LogP contribution in [0.2, 0.25) is 0 Å². The van der Waals surface area contributed by atoms with Crippen molar-refractivity contribution in [2.45, 2.75) is 32.4 Å². The Hall–Kier alpha value is -1.15. The lowest BCUT2D eigenvalue weighted by Gasteiger charge is -2.17. The zero-order valence-electron chi connectivity index (χ0n) is 10.5. The average Bonchev–Trinajstić information content (AvgIpc) is 2.19. The fourth-order valence-electron chi connectivity index (χ4n) is 0.968. The Bertz CT molecular complexity index is 398. The number of ether oxygens (including phenoxy) is 1. The highest BCUT2D eigenvalue weighted by Crippen LogP contribution is 2.12. The molecule has 106 valence electrons. The molecule has 0 aromatic heterocycles. The number of hydrogen-bond donors (Lipinski definition) is 2. The Kier molecular flexibility index (Phi) is 6.27. The van der Waals surface area contributed by atoms with Gasteiger partial charge in [0.15, 0.2) is 5.25 Å². The van der Waals surface area contributed by atoms with Gasteiger partial charge in [-0.2, -0.15) is 8.42 Å². The topological polar surface area (TPSA) is 118 Å². The summed E-state index contributed by atoms with van der Waals surface area (Å²) < 4.78 is 35.2. The van der Waals surface area contributed by atoms with E-state index in [1.54, 1.807) is 6.92 Å². The van der Waals surface area contributed by atoms with Crippen molar-refractivity contribution in [2.24, 2.45) is 11.8 Å². The fraction of sp³-hybridized carbons (Fsp3) is 0.800. The van der Waals surface area contributed by atoms with Gasteiger partial charge in [0.2, 0.25) is 0 Å². The zero-order valence-corrected chi connectivity index (χ0v) is 11.3. The van der Waals surface area contributed by atoms with Gasteiger partial charge in [0.25, 0.3) is 10.1 Å². The minimum absolute atomic E-state index is 0.000764. The first-order chi connectivity index (χ1) is 8.05. The maximum absolute atomic E-state index is 11.4. The van der Waals surface area contributed by atoms with Gasteiger partial charge in [-0.1, -0.05) is 20.8 Å². The van der Waals surface area contributed by atoms with Crippen LogP contribution in [0.1, 0.15) is 27.2 Å². The van der Waals surface area contributed by atoms with E-state index in [1.165, 1.54) is 0 Å². The standard InChI is InChI=1S/C10H18O7S/c1-6(2)7(3)5-17-10(13)8(4-9(11)12)18(14,15)16/h6-8H,4-5H2,1-3H3,(H,11,12)(H,14,15,16). The Labute approximate surface area is 106 Å². The summed E-state index contributed by atoms with van der Waals surface area (Å²) in [6.07, 6.45) is -1.02. The van der Waals surface area contributed by atoms with Crippen LogP contribution in [0.15, 0.2) is 0 Å². The van der Waals surface area contributed by atoms with E-state index in [0.717, 1.165) is 0 Å². The highest BCUT2D eigenvalue weighted by atomic mass is 32.2. The SMILES string of the molecule is CC(C)C(C)COC(=O)C(CC(=O)O)S(=O)(=O)O. The van der Waals surface area contributed by atoms with Crippen LogP contribution >= 0.6 is 0 Å². The van der Waals surface area contributed by atoms with Gasteiger partial charge in [0.1, 0.15) is 0 Å². The van der Waals surface area contributed by atoms with Crippen LogP contribution in [0.5, 0.6) is 0 Å². The monoisotopic (exact) mass is 282 g/mol. The Balaban J connectivity index is 4.64. The Morgan fingerprint density at radius 1 is 1.22 bits per heavy atom. The number of carbonyl (C=O) groups is 2. The zero-order chi connectivity index (χ0) is 14.5. The largest absolute Gasteiger partial charge is 0.481 e. The van der Waals surface area contributed by atoms with Gasteiger partial charge < -0.3 is 9.84 Å². The number of hydrogen-bond acceptors (Lipinski definition) is 5. The Morgan fingerprint density at radius 2 is 1.72 bits per heavy atom. The lowest BCUT2D eigenvalue weighted by Crippen LogP contribution is -2.35. The third kappa shape index (κ3) is 5.97. The van der Waals surface area contributed by atoms with Gasteiger partial charge >= 0.3 is 11.9 Å². The van der Waals surface area contributed by atoms with Crippen LogP contribution in [-0.2, 0) is 24.4 Å². The predicted molar refractivity (Wildman–Crippen MR) is 62.6 cm³/mol. The van der Waals surface area contributed by atoms with E-state index >= 15 is 0 Å². The quantitative estimate of drug-likeness (QED) is 0.517. The summed E-state index contributed by atoms with van der Waals surface area (Å²) in [6, 6.07) is 0. The minimum Gasteiger partial charge on any atom is -0.481 e. The number of carboxylic acid groups (broad SMARTS) is 1. The van der Waals surface area contributed by atoms with Crippen molar-refractivity contribution in [3.05, 3.63) is 0 Å². The smallest absolute Gasteiger partial charge is 0.327 e. The highest BCUT2D eigenvalue weighted by Gasteiger charge is 2.35. The first-order valence-electron chi connectivity index (χ1n) is 5.40. The van der Waals surface area contributed by atoms with E-state index in [9.17, 15) is 18.0 Å². The van der Waals surface area contributed by atoms with Crippen molar-refractivity contribution in [3.8, 4) is 0 Å². The van der Waals surface area contributed by atoms with Gasteiger partial charge in [0.05, 0.1) is 13.0 Å². The number of rotatable bonds is 7. The van der Waals surface area contributed by atoms with Crippen molar-refractivity contribution >= 4 is 22.1 Å². The second-order valence-electron chi connectivity index (χ2n) is 4.45. The maximum Gasteiger partial charge on any atom is 0.327 e. The highest BCUT2D eigenvalue weighted by molar-refractivity contribution is 7.87. The lowest BCUT2D eigenvalue weighted by atomic mass is 9.99. The van der Waals surface area contributed by atoms with E-state index in [2.05, 4.69) is 0 Å². The summed E-state index contributed by atoms with van der Waals surface area (Å²) >= 11 is 0. The minimum atomic E-state index is -4.78. The summed E-state index contributed by atoms with van der Waals surface area (Å²) in [5, 5.41) is 6.40. The molecule has 0 aliphatic heterocycles. The summed E-state index contributed by atoms with van der Waals surface area (Å²) in [7, 11) is -4.78. The van der Waals surface area contributed by atoms with Crippen molar-refractivity contribution < 1.29 is 32.4 Å². The summed E-state index contributed by atoms with van der Waals surface area (Å²) in [5.41, 5.74) is 0. The van der Waals surface area contributed by atoms with Crippen LogP contribution in [0.3, 0.4) is 0 Å². The van der Waals surface area contributed by atoms with E-state index in [0.29, 0.717) is 0 Å². The summed E-state index contributed by atoms with van der Waals surface area (Å²) in [5.74, 6) is -2.53. The van der Waals surface area contributed by atoms with Gasteiger partial charge in [-0.25, -0.2) is 0 Å². The molecule has 2 N–H and O–H groups in total. The summed E-state index contributed by atoms with van der Waals surface area (Å²) in [4.78, 5) is 21.9. The molecule has 0 aliphatic rings. The van der Waals surface area contributed by atoms with E-state index in [1.807, 2.05) is 13.8 Å². The molecule has 0 aromatic carbocycles.